The molecule has 112 valence electrons. The van der Waals surface area contributed by atoms with Crippen molar-refractivity contribution < 1.29 is 9.90 Å². The van der Waals surface area contributed by atoms with Gasteiger partial charge in [0.05, 0.1) is 12.6 Å². The predicted molar refractivity (Wildman–Crippen MR) is 82.8 cm³/mol. The van der Waals surface area contributed by atoms with E-state index >= 15 is 0 Å². The molecular formula is C17H22N2O2. The van der Waals surface area contributed by atoms with Gasteiger partial charge < -0.3 is 15.7 Å². The molecule has 2 atom stereocenters. The van der Waals surface area contributed by atoms with Crippen LogP contribution in [0.25, 0.3) is 0 Å². The lowest BCUT2D eigenvalue weighted by molar-refractivity contribution is 0.0248. The van der Waals surface area contributed by atoms with Crippen LogP contribution in [-0.4, -0.2) is 41.7 Å². The van der Waals surface area contributed by atoms with Crippen molar-refractivity contribution >= 4 is 5.91 Å². The van der Waals surface area contributed by atoms with E-state index < -0.39 is 6.10 Å². The second-order valence-corrected chi connectivity index (χ2v) is 5.68. The molecule has 1 fully saturated rings. The Labute approximate surface area is 125 Å². The van der Waals surface area contributed by atoms with E-state index in [0.29, 0.717) is 25.2 Å². The number of likely N-dealkylation sites (tertiary alicyclic amines) is 1. The van der Waals surface area contributed by atoms with E-state index in [0.717, 1.165) is 17.5 Å². The molecule has 0 saturated carbocycles. The van der Waals surface area contributed by atoms with Gasteiger partial charge in [-0.05, 0) is 43.0 Å². The van der Waals surface area contributed by atoms with E-state index in [1.807, 2.05) is 26.0 Å². The molecule has 0 bridgehead atoms. The van der Waals surface area contributed by atoms with Crippen LogP contribution in [0.4, 0.5) is 0 Å². The molecule has 1 aromatic rings. The molecule has 1 saturated heterocycles. The van der Waals surface area contributed by atoms with Gasteiger partial charge in [-0.3, -0.25) is 4.79 Å². The number of β-amino-alcohol motifs (C(OH)–C–C–N with tert-alkyl or cyclic N) is 1. The first kappa shape index (κ1) is 15.6. The second kappa shape index (κ2) is 6.75. The van der Waals surface area contributed by atoms with Crippen LogP contribution in [0.2, 0.25) is 0 Å². The fourth-order valence-corrected chi connectivity index (χ4v) is 2.55. The highest BCUT2D eigenvalue weighted by Crippen LogP contribution is 2.20. The van der Waals surface area contributed by atoms with Crippen LogP contribution in [0.15, 0.2) is 18.2 Å². The molecule has 1 heterocycles. The minimum absolute atomic E-state index is 0.0413. The van der Waals surface area contributed by atoms with Crippen molar-refractivity contribution in [2.75, 3.05) is 19.6 Å². The van der Waals surface area contributed by atoms with Crippen LogP contribution >= 0.6 is 0 Å². The minimum atomic E-state index is -0.441. The monoisotopic (exact) mass is 286 g/mol. The number of nitrogens with two attached hydrogens (primary N) is 1. The smallest absolute Gasteiger partial charge is 0.253 e. The topological polar surface area (TPSA) is 66.6 Å². The van der Waals surface area contributed by atoms with E-state index in [1.165, 1.54) is 0 Å². The Morgan fingerprint density at radius 2 is 2.24 bits per heavy atom. The van der Waals surface area contributed by atoms with Gasteiger partial charge in [0.2, 0.25) is 0 Å². The summed E-state index contributed by atoms with van der Waals surface area (Å²) in [6.45, 7) is 5.34. The van der Waals surface area contributed by atoms with Gasteiger partial charge in [0, 0.05) is 24.2 Å². The van der Waals surface area contributed by atoms with Gasteiger partial charge >= 0.3 is 0 Å². The highest BCUT2D eigenvalue weighted by Gasteiger charge is 2.27. The summed E-state index contributed by atoms with van der Waals surface area (Å²) in [5.41, 5.74) is 7.80. The Hall–Kier alpha value is -1.83. The van der Waals surface area contributed by atoms with Gasteiger partial charge in [-0.1, -0.05) is 18.8 Å². The van der Waals surface area contributed by atoms with Crippen molar-refractivity contribution in [1.82, 2.24) is 4.90 Å². The molecule has 0 spiro atoms. The SMILES string of the molecule is Cc1cc(C#CCN)cc(C(=O)N2CCC(C)C(O)C2)c1. The number of hydrogen-bond donors (Lipinski definition) is 2. The maximum atomic E-state index is 12.6. The van der Waals surface area contributed by atoms with Gasteiger partial charge in [-0.25, -0.2) is 0 Å². The standard InChI is InChI=1S/C17H22N2O2/c1-12-8-14(4-3-6-18)10-15(9-12)17(21)19-7-5-13(2)16(20)11-19/h8-10,13,16,20H,5-7,11,18H2,1-2H3. The number of piperidine rings is 1. The van der Waals surface area contributed by atoms with Crippen LogP contribution in [-0.2, 0) is 0 Å². The van der Waals surface area contributed by atoms with Gasteiger partial charge in [0.15, 0.2) is 0 Å². The molecule has 21 heavy (non-hydrogen) atoms. The number of nitrogens with zero attached hydrogens (tertiary/aromatic N) is 1. The summed E-state index contributed by atoms with van der Waals surface area (Å²) in [5.74, 6) is 5.97. The summed E-state index contributed by atoms with van der Waals surface area (Å²) in [7, 11) is 0. The molecule has 0 aliphatic carbocycles. The third kappa shape index (κ3) is 3.84. The van der Waals surface area contributed by atoms with Crippen LogP contribution in [0.3, 0.4) is 0 Å². The molecule has 2 unspecified atom stereocenters. The van der Waals surface area contributed by atoms with Crippen LogP contribution < -0.4 is 5.73 Å². The van der Waals surface area contributed by atoms with Crippen molar-refractivity contribution in [3.8, 4) is 11.8 Å². The Balaban J connectivity index is 2.21. The Morgan fingerprint density at radius 3 is 2.90 bits per heavy atom. The molecule has 4 heteroatoms. The molecule has 1 aromatic carbocycles. The molecule has 0 radical (unpaired) electrons. The summed E-state index contributed by atoms with van der Waals surface area (Å²) in [4.78, 5) is 14.3. The average Bonchev–Trinajstić information content (AvgIpc) is 2.46. The number of rotatable bonds is 1. The van der Waals surface area contributed by atoms with Crippen LogP contribution in [0, 0.1) is 24.7 Å². The van der Waals surface area contributed by atoms with Gasteiger partial charge in [-0.15, -0.1) is 0 Å². The zero-order valence-electron chi connectivity index (χ0n) is 12.6. The van der Waals surface area contributed by atoms with Crippen molar-refractivity contribution in [3.63, 3.8) is 0 Å². The van der Waals surface area contributed by atoms with E-state index in [2.05, 4.69) is 11.8 Å². The number of amides is 1. The van der Waals surface area contributed by atoms with Crippen molar-refractivity contribution in [2.24, 2.45) is 11.7 Å². The lowest BCUT2D eigenvalue weighted by atomic mass is 9.95. The number of hydrogen-bond acceptors (Lipinski definition) is 3. The number of carbonyl (C=O) groups is 1. The Morgan fingerprint density at radius 1 is 1.48 bits per heavy atom. The lowest BCUT2D eigenvalue weighted by Crippen LogP contribution is -2.45. The van der Waals surface area contributed by atoms with Gasteiger partial charge in [0.25, 0.3) is 5.91 Å². The first-order valence-electron chi connectivity index (χ1n) is 7.29. The maximum absolute atomic E-state index is 12.6. The zero-order chi connectivity index (χ0) is 15.4. The van der Waals surface area contributed by atoms with Crippen molar-refractivity contribution in [1.29, 1.82) is 0 Å². The number of aryl methyl sites for hydroxylation is 1. The Bertz CT molecular complexity index is 586. The third-order valence-corrected chi connectivity index (χ3v) is 3.86. The van der Waals surface area contributed by atoms with E-state index in [4.69, 9.17) is 5.73 Å². The normalized spacial score (nSPS) is 21.6. The number of benzene rings is 1. The quantitative estimate of drug-likeness (QED) is 0.761. The van der Waals surface area contributed by atoms with Crippen LogP contribution in [0.5, 0.6) is 0 Å². The molecular weight excluding hydrogens is 264 g/mol. The van der Waals surface area contributed by atoms with Gasteiger partial charge in [0.1, 0.15) is 0 Å². The summed E-state index contributed by atoms with van der Waals surface area (Å²) in [5, 5.41) is 9.94. The molecule has 2 rings (SSSR count). The zero-order valence-corrected chi connectivity index (χ0v) is 12.6. The lowest BCUT2D eigenvalue weighted by Gasteiger charge is -2.34. The fraction of sp³-hybridized carbons (Fsp3) is 0.471. The Kier molecular flexibility index (Phi) is 5.00. The van der Waals surface area contributed by atoms with E-state index in [9.17, 15) is 9.90 Å². The van der Waals surface area contributed by atoms with E-state index in [-0.39, 0.29) is 11.8 Å². The summed E-state index contributed by atoms with van der Waals surface area (Å²) in [6, 6.07) is 5.59. The maximum Gasteiger partial charge on any atom is 0.253 e. The highest BCUT2D eigenvalue weighted by atomic mass is 16.3. The first-order chi connectivity index (χ1) is 10.0. The minimum Gasteiger partial charge on any atom is -0.391 e. The number of aliphatic hydroxyl groups is 1. The number of carbonyl (C=O) groups excluding carboxylic acids is 1. The molecule has 1 aliphatic rings. The molecule has 1 amide bonds. The highest BCUT2D eigenvalue weighted by molar-refractivity contribution is 5.95. The van der Waals surface area contributed by atoms with Gasteiger partial charge in [-0.2, -0.15) is 0 Å². The largest absolute Gasteiger partial charge is 0.391 e. The summed E-state index contributed by atoms with van der Waals surface area (Å²) >= 11 is 0. The molecule has 1 aliphatic heterocycles. The third-order valence-electron chi connectivity index (χ3n) is 3.86. The molecule has 4 nitrogen and oxygen atoms in total. The van der Waals surface area contributed by atoms with Crippen LogP contribution in [0.1, 0.15) is 34.8 Å². The van der Waals surface area contributed by atoms with Crippen molar-refractivity contribution in [2.45, 2.75) is 26.4 Å². The first-order valence-corrected chi connectivity index (χ1v) is 7.29. The van der Waals surface area contributed by atoms with Crippen molar-refractivity contribution in [3.05, 3.63) is 34.9 Å². The summed E-state index contributed by atoms with van der Waals surface area (Å²) in [6.07, 6.45) is 0.391. The fourth-order valence-electron chi connectivity index (χ4n) is 2.55. The summed E-state index contributed by atoms with van der Waals surface area (Å²) < 4.78 is 0. The average molecular weight is 286 g/mol. The molecule has 3 N–H and O–H groups in total. The predicted octanol–water partition coefficient (Wildman–Crippen LogP) is 1.15. The second-order valence-electron chi connectivity index (χ2n) is 5.68. The molecule has 0 aromatic heterocycles. The van der Waals surface area contributed by atoms with E-state index in [1.54, 1.807) is 11.0 Å². The number of aliphatic hydroxyl groups excluding tert-OH is 1.